The van der Waals surface area contributed by atoms with Gasteiger partial charge in [0.1, 0.15) is 10.5 Å². The zero-order chi connectivity index (χ0) is 18.4. The molecule has 3 heterocycles. The van der Waals surface area contributed by atoms with E-state index in [9.17, 15) is 18.0 Å². The van der Waals surface area contributed by atoms with Gasteiger partial charge in [0, 0.05) is 32.4 Å². The Bertz CT molecular complexity index is 1030. The van der Waals surface area contributed by atoms with Gasteiger partial charge in [-0.25, -0.2) is 18.2 Å². The normalized spacial score (nSPS) is 19.1. The zero-order valence-corrected chi connectivity index (χ0v) is 15.2. The van der Waals surface area contributed by atoms with Gasteiger partial charge in [-0.1, -0.05) is 6.92 Å². The van der Waals surface area contributed by atoms with Gasteiger partial charge in [-0.15, -0.1) is 0 Å². The maximum absolute atomic E-state index is 12.9. The Balaban J connectivity index is 2.01. The summed E-state index contributed by atoms with van der Waals surface area (Å²) in [6.45, 7) is 3.72. The van der Waals surface area contributed by atoms with Crippen molar-refractivity contribution < 1.29 is 8.42 Å². The van der Waals surface area contributed by atoms with Crippen LogP contribution in [0.1, 0.15) is 13.3 Å². The number of aryl methyl sites for hydroxylation is 1. The van der Waals surface area contributed by atoms with Crippen LogP contribution >= 0.6 is 0 Å². The van der Waals surface area contributed by atoms with Gasteiger partial charge >= 0.3 is 5.69 Å². The van der Waals surface area contributed by atoms with Crippen LogP contribution in [0.3, 0.4) is 0 Å². The molecule has 0 bridgehead atoms. The van der Waals surface area contributed by atoms with E-state index in [0.29, 0.717) is 13.1 Å². The van der Waals surface area contributed by atoms with Crippen molar-refractivity contribution in [2.45, 2.75) is 24.3 Å². The van der Waals surface area contributed by atoms with E-state index < -0.39 is 21.3 Å². The maximum Gasteiger partial charge on any atom is 0.329 e. The van der Waals surface area contributed by atoms with Crippen LogP contribution in [-0.4, -0.2) is 64.9 Å². The molecule has 0 radical (unpaired) electrons. The number of pyridine rings is 1. The van der Waals surface area contributed by atoms with Crippen molar-refractivity contribution >= 4 is 21.1 Å². The molecular formula is C15H21N5O4S. The highest BCUT2D eigenvalue weighted by Gasteiger charge is 2.34. The second-order valence-electron chi connectivity index (χ2n) is 6.24. The Morgan fingerprint density at radius 2 is 2.12 bits per heavy atom. The number of hydrogen-bond acceptors (Lipinski definition) is 6. The van der Waals surface area contributed by atoms with Crippen molar-refractivity contribution in [1.82, 2.24) is 23.7 Å². The molecule has 9 nitrogen and oxygen atoms in total. The van der Waals surface area contributed by atoms with Gasteiger partial charge in [-0.2, -0.15) is 4.31 Å². The highest BCUT2D eigenvalue weighted by Crippen LogP contribution is 2.23. The quantitative estimate of drug-likeness (QED) is 0.768. The minimum absolute atomic E-state index is 0.0380. The fourth-order valence-corrected chi connectivity index (χ4v) is 4.52. The third-order valence-electron chi connectivity index (χ3n) is 4.82. The van der Waals surface area contributed by atoms with Gasteiger partial charge < -0.3 is 4.90 Å². The number of aromatic amines is 1. The summed E-state index contributed by atoms with van der Waals surface area (Å²) in [7, 11) is -0.304. The standard InChI is InChI=1S/C15H21N5O4S/c1-4-18(2)10-5-6-20(9-10)25(23,24)11-7-12-13(16-8-11)19(3)15(22)17-14(12)21/h7-8,10H,4-6,9H2,1-3H3,(H,17,21,22)/t10-/m1/s1. The van der Waals surface area contributed by atoms with Crippen LogP contribution in [-0.2, 0) is 17.1 Å². The summed E-state index contributed by atoms with van der Waals surface area (Å²) in [5, 5.41) is 0.0737. The monoisotopic (exact) mass is 367 g/mol. The first-order valence-electron chi connectivity index (χ1n) is 8.05. The van der Waals surface area contributed by atoms with Crippen molar-refractivity contribution in [1.29, 1.82) is 0 Å². The first kappa shape index (κ1) is 17.8. The molecular weight excluding hydrogens is 346 g/mol. The molecule has 3 rings (SSSR count). The van der Waals surface area contributed by atoms with E-state index >= 15 is 0 Å². The van der Waals surface area contributed by atoms with E-state index in [1.54, 1.807) is 0 Å². The molecule has 0 amide bonds. The Labute approximate surface area is 144 Å². The molecule has 10 heteroatoms. The van der Waals surface area contributed by atoms with E-state index in [1.807, 2.05) is 14.0 Å². The Morgan fingerprint density at radius 1 is 1.40 bits per heavy atom. The number of likely N-dealkylation sites (N-methyl/N-ethyl adjacent to an activating group) is 1. The molecule has 0 spiro atoms. The van der Waals surface area contributed by atoms with Gasteiger partial charge in [0.2, 0.25) is 10.0 Å². The lowest BCUT2D eigenvalue weighted by Crippen LogP contribution is -2.36. The van der Waals surface area contributed by atoms with E-state index in [4.69, 9.17) is 0 Å². The predicted octanol–water partition coefficient (Wildman–Crippen LogP) is -0.663. The molecule has 25 heavy (non-hydrogen) atoms. The summed E-state index contributed by atoms with van der Waals surface area (Å²) >= 11 is 0. The molecule has 1 N–H and O–H groups in total. The molecule has 2 aromatic heterocycles. The van der Waals surface area contributed by atoms with E-state index in [-0.39, 0.29) is 22.0 Å². The van der Waals surface area contributed by atoms with Gasteiger partial charge in [0.15, 0.2) is 0 Å². The highest BCUT2D eigenvalue weighted by atomic mass is 32.2. The molecule has 0 unspecified atom stereocenters. The molecule has 1 saturated heterocycles. The number of sulfonamides is 1. The fraction of sp³-hybridized carbons (Fsp3) is 0.533. The fourth-order valence-electron chi connectivity index (χ4n) is 3.05. The molecule has 1 fully saturated rings. The molecule has 1 aliphatic heterocycles. The summed E-state index contributed by atoms with van der Waals surface area (Å²) in [6.07, 6.45) is 1.97. The minimum Gasteiger partial charge on any atom is -0.302 e. The highest BCUT2D eigenvalue weighted by molar-refractivity contribution is 7.89. The average Bonchev–Trinajstić information content (AvgIpc) is 3.09. The summed E-state index contributed by atoms with van der Waals surface area (Å²) < 4.78 is 28.4. The van der Waals surface area contributed by atoms with Crippen molar-refractivity contribution in [3.05, 3.63) is 33.1 Å². The maximum atomic E-state index is 12.9. The van der Waals surface area contributed by atoms with Crippen LogP contribution in [0, 0.1) is 0 Å². The molecule has 2 aromatic rings. The number of hydrogen-bond donors (Lipinski definition) is 1. The molecule has 0 saturated carbocycles. The zero-order valence-electron chi connectivity index (χ0n) is 14.4. The second-order valence-corrected chi connectivity index (χ2v) is 8.18. The first-order chi connectivity index (χ1) is 11.8. The second kappa shape index (κ2) is 6.36. The topological polar surface area (TPSA) is 108 Å². The average molecular weight is 367 g/mol. The predicted molar refractivity (Wildman–Crippen MR) is 93.1 cm³/mol. The molecule has 0 aromatic carbocycles. The van der Waals surface area contributed by atoms with E-state index in [1.165, 1.54) is 28.2 Å². The number of nitrogens with zero attached hydrogens (tertiary/aromatic N) is 4. The van der Waals surface area contributed by atoms with Crippen LogP contribution in [0.4, 0.5) is 0 Å². The lowest BCUT2D eigenvalue weighted by molar-refractivity contribution is 0.262. The summed E-state index contributed by atoms with van der Waals surface area (Å²) in [6, 6.07) is 1.46. The Morgan fingerprint density at radius 3 is 2.80 bits per heavy atom. The third-order valence-corrected chi connectivity index (χ3v) is 6.65. The lowest BCUT2D eigenvalue weighted by atomic mass is 10.2. The number of fused-ring (bicyclic) bond motifs is 1. The summed E-state index contributed by atoms with van der Waals surface area (Å²) in [5.41, 5.74) is -1.09. The minimum atomic E-state index is -3.74. The van der Waals surface area contributed by atoms with Gasteiger partial charge in [-0.05, 0) is 26.1 Å². The summed E-state index contributed by atoms with van der Waals surface area (Å²) in [4.78, 5) is 31.9. The van der Waals surface area contributed by atoms with Crippen LogP contribution in [0.2, 0.25) is 0 Å². The SMILES string of the molecule is CCN(C)[C@@H]1CCN(S(=O)(=O)c2cnc3c(c2)c(=O)[nH]c(=O)n3C)C1. The van der Waals surface area contributed by atoms with Crippen molar-refractivity contribution in [3.8, 4) is 0 Å². The van der Waals surface area contributed by atoms with E-state index in [2.05, 4.69) is 14.9 Å². The lowest BCUT2D eigenvalue weighted by Gasteiger charge is -2.23. The molecule has 0 aliphatic carbocycles. The number of rotatable bonds is 4. The van der Waals surface area contributed by atoms with Crippen molar-refractivity contribution in [2.24, 2.45) is 7.05 Å². The smallest absolute Gasteiger partial charge is 0.302 e. The van der Waals surface area contributed by atoms with Crippen LogP contribution in [0.5, 0.6) is 0 Å². The number of nitrogens with one attached hydrogen (secondary N) is 1. The third kappa shape index (κ3) is 3.00. The van der Waals surface area contributed by atoms with Crippen LogP contribution < -0.4 is 11.2 Å². The number of aromatic nitrogens is 3. The van der Waals surface area contributed by atoms with Gasteiger partial charge in [0.25, 0.3) is 5.56 Å². The molecule has 136 valence electrons. The number of H-pyrrole nitrogens is 1. The van der Waals surface area contributed by atoms with Gasteiger partial charge in [-0.3, -0.25) is 14.3 Å². The Kier molecular flexibility index (Phi) is 4.52. The largest absolute Gasteiger partial charge is 0.329 e. The van der Waals surface area contributed by atoms with Crippen molar-refractivity contribution in [2.75, 3.05) is 26.7 Å². The summed E-state index contributed by atoms with van der Waals surface area (Å²) in [5.74, 6) is 0. The van der Waals surface area contributed by atoms with Gasteiger partial charge in [0.05, 0.1) is 5.39 Å². The Hall–Kier alpha value is -2.04. The molecule has 1 atom stereocenters. The van der Waals surface area contributed by atoms with Crippen LogP contribution in [0.15, 0.2) is 26.7 Å². The first-order valence-corrected chi connectivity index (χ1v) is 9.49. The van der Waals surface area contributed by atoms with Crippen molar-refractivity contribution in [3.63, 3.8) is 0 Å². The van der Waals surface area contributed by atoms with E-state index in [0.717, 1.165) is 13.0 Å². The van der Waals surface area contributed by atoms with Crippen LogP contribution in [0.25, 0.3) is 11.0 Å². The molecule has 1 aliphatic rings.